The molecule has 2 aromatic heterocycles. The minimum absolute atomic E-state index is 0.624. The van der Waals surface area contributed by atoms with E-state index in [9.17, 15) is 0 Å². The summed E-state index contributed by atoms with van der Waals surface area (Å²) in [6.07, 6.45) is 12.0. The molecule has 0 spiro atoms. The summed E-state index contributed by atoms with van der Waals surface area (Å²) < 4.78 is 7.53. The maximum absolute atomic E-state index is 5.57. The van der Waals surface area contributed by atoms with Crippen molar-refractivity contribution in [2.45, 2.75) is 39.0 Å². The van der Waals surface area contributed by atoms with Gasteiger partial charge in [-0.25, -0.2) is 15.0 Å². The van der Waals surface area contributed by atoms with Crippen LogP contribution in [0.4, 0.5) is 11.6 Å². The molecule has 1 aliphatic carbocycles. The van der Waals surface area contributed by atoms with Crippen molar-refractivity contribution < 1.29 is 4.74 Å². The Kier molecular flexibility index (Phi) is 5.05. The molecule has 140 valence electrons. The molecule has 0 unspecified atom stereocenters. The number of imidazole rings is 1. The van der Waals surface area contributed by atoms with Gasteiger partial charge in [0.05, 0.1) is 24.8 Å². The Bertz CT molecular complexity index is 914. The predicted molar refractivity (Wildman–Crippen MR) is 106 cm³/mol. The van der Waals surface area contributed by atoms with E-state index in [-0.39, 0.29) is 0 Å². The SMILES string of the molecule is COc1cc(Nc2nccc(CC3CCCC3)n2)ccc1-n1cnc(C)c1. The molecule has 0 atom stereocenters. The number of nitrogens with zero attached hydrogens (tertiary/aromatic N) is 4. The number of hydrogen-bond donors (Lipinski definition) is 1. The summed E-state index contributed by atoms with van der Waals surface area (Å²) in [5.41, 5.74) is 3.91. The fourth-order valence-corrected chi connectivity index (χ4v) is 3.73. The molecule has 27 heavy (non-hydrogen) atoms. The van der Waals surface area contributed by atoms with Gasteiger partial charge in [0.25, 0.3) is 0 Å². The van der Waals surface area contributed by atoms with Gasteiger partial charge in [0.15, 0.2) is 0 Å². The average molecular weight is 363 g/mol. The third kappa shape index (κ3) is 4.10. The number of hydrogen-bond acceptors (Lipinski definition) is 5. The van der Waals surface area contributed by atoms with Crippen LogP contribution in [0.2, 0.25) is 0 Å². The zero-order valence-electron chi connectivity index (χ0n) is 15.9. The molecule has 1 N–H and O–H groups in total. The highest BCUT2D eigenvalue weighted by atomic mass is 16.5. The minimum Gasteiger partial charge on any atom is -0.494 e. The summed E-state index contributed by atoms with van der Waals surface area (Å²) in [5.74, 6) is 2.16. The van der Waals surface area contributed by atoms with Crippen molar-refractivity contribution in [2.75, 3.05) is 12.4 Å². The second-order valence-corrected chi connectivity index (χ2v) is 7.16. The van der Waals surface area contributed by atoms with E-state index in [1.54, 1.807) is 13.4 Å². The van der Waals surface area contributed by atoms with E-state index in [1.165, 1.54) is 25.7 Å². The van der Waals surface area contributed by atoms with Gasteiger partial charge >= 0.3 is 0 Å². The first-order valence-corrected chi connectivity index (χ1v) is 9.49. The zero-order chi connectivity index (χ0) is 18.6. The summed E-state index contributed by atoms with van der Waals surface area (Å²) in [6.45, 7) is 1.97. The van der Waals surface area contributed by atoms with Crippen LogP contribution in [0.5, 0.6) is 5.75 Å². The van der Waals surface area contributed by atoms with Crippen LogP contribution >= 0.6 is 0 Å². The van der Waals surface area contributed by atoms with Crippen LogP contribution in [-0.2, 0) is 6.42 Å². The molecule has 3 aromatic rings. The molecule has 2 heterocycles. The van der Waals surface area contributed by atoms with E-state index >= 15 is 0 Å². The highest BCUT2D eigenvalue weighted by Gasteiger charge is 2.16. The summed E-state index contributed by atoms with van der Waals surface area (Å²) in [7, 11) is 1.67. The topological polar surface area (TPSA) is 64.9 Å². The molecule has 1 aromatic carbocycles. The summed E-state index contributed by atoms with van der Waals surface area (Å²) in [4.78, 5) is 13.3. The Morgan fingerprint density at radius 1 is 1.19 bits per heavy atom. The lowest BCUT2D eigenvalue weighted by Crippen LogP contribution is -2.05. The van der Waals surface area contributed by atoms with Gasteiger partial charge in [0.2, 0.25) is 5.95 Å². The Morgan fingerprint density at radius 2 is 2.04 bits per heavy atom. The number of anilines is 2. The third-order valence-electron chi connectivity index (χ3n) is 5.11. The molecule has 0 saturated heterocycles. The molecule has 0 bridgehead atoms. The first-order chi connectivity index (χ1) is 13.2. The number of aromatic nitrogens is 4. The van der Waals surface area contributed by atoms with Crippen LogP contribution in [0.25, 0.3) is 5.69 Å². The number of benzene rings is 1. The number of rotatable bonds is 6. The Morgan fingerprint density at radius 3 is 2.78 bits per heavy atom. The molecule has 0 amide bonds. The molecule has 0 radical (unpaired) electrons. The molecular weight excluding hydrogens is 338 g/mol. The van der Waals surface area contributed by atoms with Crippen molar-refractivity contribution >= 4 is 11.6 Å². The van der Waals surface area contributed by atoms with Gasteiger partial charge in [-0.05, 0) is 37.5 Å². The molecule has 4 rings (SSSR count). The van der Waals surface area contributed by atoms with Crippen molar-refractivity contribution in [3.63, 3.8) is 0 Å². The normalized spacial score (nSPS) is 14.4. The van der Waals surface area contributed by atoms with Crippen LogP contribution in [0.1, 0.15) is 37.1 Å². The third-order valence-corrected chi connectivity index (χ3v) is 5.11. The van der Waals surface area contributed by atoms with Gasteiger partial charge in [-0.1, -0.05) is 25.7 Å². The van der Waals surface area contributed by atoms with Crippen molar-refractivity contribution in [3.05, 3.63) is 54.4 Å². The van der Waals surface area contributed by atoms with Gasteiger partial charge in [0, 0.05) is 29.8 Å². The van der Waals surface area contributed by atoms with E-state index in [2.05, 4.69) is 15.3 Å². The van der Waals surface area contributed by atoms with E-state index < -0.39 is 0 Å². The van der Waals surface area contributed by atoms with E-state index in [1.807, 2.05) is 48.1 Å². The van der Waals surface area contributed by atoms with Crippen molar-refractivity contribution in [3.8, 4) is 11.4 Å². The highest BCUT2D eigenvalue weighted by molar-refractivity contribution is 5.61. The number of aryl methyl sites for hydroxylation is 1. The van der Waals surface area contributed by atoms with Crippen LogP contribution in [0.3, 0.4) is 0 Å². The summed E-state index contributed by atoms with van der Waals surface area (Å²) in [6, 6.07) is 7.98. The standard InChI is InChI=1S/C21H25N5O/c1-15-13-26(14-23-15)19-8-7-17(12-20(19)27-2)24-21-22-10-9-18(25-21)11-16-5-3-4-6-16/h7-10,12-14,16H,3-6,11H2,1-2H3,(H,22,24,25). The first kappa shape index (κ1) is 17.5. The Balaban J connectivity index is 1.52. The van der Waals surface area contributed by atoms with Gasteiger partial charge in [0.1, 0.15) is 5.75 Å². The van der Waals surface area contributed by atoms with Crippen LogP contribution < -0.4 is 10.1 Å². The summed E-state index contributed by atoms with van der Waals surface area (Å²) >= 11 is 0. The number of nitrogens with one attached hydrogen (secondary N) is 1. The van der Waals surface area contributed by atoms with Crippen molar-refractivity contribution in [1.82, 2.24) is 19.5 Å². The average Bonchev–Trinajstić information content (AvgIpc) is 3.34. The van der Waals surface area contributed by atoms with Gasteiger partial charge < -0.3 is 14.6 Å². The van der Waals surface area contributed by atoms with E-state index in [4.69, 9.17) is 9.72 Å². The second-order valence-electron chi connectivity index (χ2n) is 7.16. The van der Waals surface area contributed by atoms with Crippen LogP contribution in [-0.4, -0.2) is 26.6 Å². The summed E-state index contributed by atoms with van der Waals surface area (Å²) in [5, 5.41) is 3.30. The van der Waals surface area contributed by atoms with Crippen LogP contribution in [0.15, 0.2) is 43.0 Å². The minimum atomic E-state index is 0.624. The highest BCUT2D eigenvalue weighted by Crippen LogP contribution is 2.29. The first-order valence-electron chi connectivity index (χ1n) is 9.49. The van der Waals surface area contributed by atoms with Crippen LogP contribution in [0, 0.1) is 12.8 Å². The number of ether oxygens (including phenoxy) is 1. The lowest BCUT2D eigenvalue weighted by atomic mass is 10.0. The quantitative estimate of drug-likeness (QED) is 0.701. The zero-order valence-corrected chi connectivity index (χ0v) is 15.9. The van der Waals surface area contributed by atoms with Crippen molar-refractivity contribution in [2.24, 2.45) is 5.92 Å². The predicted octanol–water partition coefficient (Wildman–Crippen LogP) is 4.46. The van der Waals surface area contributed by atoms with Gasteiger partial charge in [-0.2, -0.15) is 0 Å². The Hall–Kier alpha value is -2.89. The molecule has 1 fully saturated rings. The number of methoxy groups -OCH3 is 1. The fourth-order valence-electron chi connectivity index (χ4n) is 3.73. The molecular formula is C21H25N5O. The van der Waals surface area contributed by atoms with Gasteiger partial charge in [-0.3, -0.25) is 0 Å². The van der Waals surface area contributed by atoms with Crippen molar-refractivity contribution in [1.29, 1.82) is 0 Å². The van der Waals surface area contributed by atoms with Gasteiger partial charge in [-0.15, -0.1) is 0 Å². The lowest BCUT2D eigenvalue weighted by Gasteiger charge is -2.13. The monoisotopic (exact) mass is 363 g/mol. The maximum Gasteiger partial charge on any atom is 0.227 e. The molecule has 0 aliphatic heterocycles. The second kappa shape index (κ2) is 7.78. The van der Waals surface area contributed by atoms with E-state index in [0.717, 1.165) is 40.9 Å². The molecule has 1 saturated carbocycles. The lowest BCUT2D eigenvalue weighted by molar-refractivity contribution is 0.413. The largest absolute Gasteiger partial charge is 0.494 e. The Labute approximate surface area is 159 Å². The smallest absolute Gasteiger partial charge is 0.227 e. The van der Waals surface area contributed by atoms with E-state index in [0.29, 0.717) is 5.95 Å². The fraction of sp³-hybridized carbons (Fsp3) is 0.381. The molecule has 6 heteroatoms. The molecule has 1 aliphatic rings. The molecule has 6 nitrogen and oxygen atoms in total. The maximum atomic E-state index is 5.57.